The Bertz CT molecular complexity index is 780. The second-order valence-corrected chi connectivity index (χ2v) is 6.29. The van der Waals surface area contributed by atoms with Crippen molar-refractivity contribution in [2.45, 2.75) is 25.7 Å². The van der Waals surface area contributed by atoms with Crippen LogP contribution in [0.25, 0.3) is 6.08 Å². The van der Waals surface area contributed by atoms with Crippen molar-refractivity contribution in [3.8, 4) is 11.5 Å². The van der Waals surface area contributed by atoms with Crippen LogP contribution in [0.3, 0.4) is 0 Å². The predicted molar refractivity (Wildman–Crippen MR) is 105 cm³/mol. The molecule has 5 nitrogen and oxygen atoms in total. The average molecular weight is 365 g/mol. The summed E-state index contributed by atoms with van der Waals surface area (Å²) in [7, 11) is 0. The molecule has 0 spiro atoms. The molecule has 140 valence electrons. The van der Waals surface area contributed by atoms with Crippen LogP contribution in [-0.4, -0.2) is 25.0 Å². The quantitative estimate of drug-likeness (QED) is 0.493. The molecule has 1 heterocycles. The molecule has 3 rings (SSSR count). The highest BCUT2D eigenvalue weighted by molar-refractivity contribution is 6.19. The Morgan fingerprint density at radius 1 is 0.815 bits per heavy atom. The summed E-state index contributed by atoms with van der Waals surface area (Å²) in [6.45, 7) is 4.94. The van der Waals surface area contributed by atoms with Crippen molar-refractivity contribution in [2.75, 3.05) is 18.1 Å². The van der Waals surface area contributed by atoms with E-state index >= 15 is 0 Å². The monoisotopic (exact) mass is 365 g/mol. The maximum Gasteiger partial charge on any atom is 0.234 e. The van der Waals surface area contributed by atoms with Gasteiger partial charge in [-0.25, -0.2) is 0 Å². The number of carbonyl (C=O) groups is 2. The van der Waals surface area contributed by atoms with Crippen LogP contribution >= 0.6 is 0 Å². The topological polar surface area (TPSA) is 55.8 Å². The molecule has 0 radical (unpaired) electrons. The molecule has 0 N–H and O–H groups in total. The molecule has 0 atom stereocenters. The fourth-order valence-electron chi connectivity index (χ4n) is 2.84. The van der Waals surface area contributed by atoms with Crippen LogP contribution in [0, 0.1) is 0 Å². The molecule has 1 fully saturated rings. The molecule has 27 heavy (non-hydrogen) atoms. The van der Waals surface area contributed by atoms with Gasteiger partial charge in [-0.05, 0) is 54.8 Å². The third kappa shape index (κ3) is 4.97. The lowest BCUT2D eigenvalue weighted by molar-refractivity contribution is -0.121. The maximum atomic E-state index is 11.7. The zero-order valence-electron chi connectivity index (χ0n) is 15.2. The number of nitrogens with zero attached hydrogens (tertiary/aromatic N) is 1. The summed E-state index contributed by atoms with van der Waals surface area (Å²) < 4.78 is 11.4. The van der Waals surface area contributed by atoms with Gasteiger partial charge >= 0.3 is 0 Å². The molecule has 0 aromatic heterocycles. The molecule has 1 aliphatic rings. The Morgan fingerprint density at radius 2 is 1.30 bits per heavy atom. The molecule has 0 saturated carbocycles. The smallest absolute Gasteiger partial charge is 0.234 e. The molecule has 0 unspecified atom stereocenters. The number of carbonyl (C=O) groups excluding carboxylic acids is 2. The molecule has 2 aromatic rings. The normalized spacial score (nSPS) is 13.7. The number of hydrogen-bond donors (Lipinski definition) is 0. The van der Waals surface area contributed by atoms with Crippen molar-refractivity contribution in [3.63, 3.8) is 0 Å². The van der Waals surface area contributed by atoms with Crippen LogP contribution < -0.4 is 14.4 Å². The van der Waals surface area contributed by atoms with Gasteiger partial charge in [0.1, 0.15) is 11.5 Å². The zero-order chi connectivity index (χ0) is 19.1. The van der Waals surface area contributed by atoms with Gasteiger partial charge in [0.25, 0.3) is 0 Å². The van der Waals surface area contributed by atoms with E-state index in [0.29, 0.717) is 18.9 Å². The molecule has 2 amide bonds. The van der Waals surface area contributed by atoms with Gasteiger partial charge in [0, 0.05) is 12.8 Å². The van der Waals surface area contributed by atoms with Crippen molar-refractivity contribution < 1.29 is 19.1 Å². The fraction of sp³-hybridized carbons (Fsp3) is 0.273. The van der Waals surface area contributed by atoms with E-state index in [1.54, 1.807) is 30.3 Å². The van der Waals surface area contributed by atoms with Gasteiger partial charge < -0.3 is 9.47 Å². The fourth-order valence-corrected chi connectivity index (χ4v) is 2.84. The average Bonchev–Trinajstić information content (AvgIpc) is 3.04. The van der Waals surface area contributed by atoms with E-state index in [-0.39, 0.29) is 24.7 Å². The van der Waals surface area contributed by atoms with E-state index in [0.717, 1.165) is 29.9 Å². The van der Waals surface area contributed by atoms with Crippen molar-refractivity contribution in [1.82, 2.24) is 0 Å². The van der Waals surface area contributed by atoms with Crippen molar-refractivity contribution in [3.05, 3.63) is 60.7 Å². The first-order chi connectivity index (χ1) is 13.2. The largest absolute Gasteiger partial charge is 0.494 e. The predicted octanol–water partition coefficient (Wildman–Crippen LogP) is 4.22. The van der Waals surface area contributed by atoms with Gasteiger partial charge in [0.2, 0.25) is 11.8 Å². The van der Waals surface area contributed by atoms with Crippen LogP contribution in [0.5, 0.6) is 11.5 Å². The van der Waals surface area contributed by atoms with Gasteiger partial charge in [0.15, 0.2) is 0 Å². The lowest BCUT2D eigenvalue weighted by atomic mass is 10.2. The Hall–Kier alpha value is -3.08. The second-order valence-electron chi connectivity index (χ2n) is 6.29. The molecular weight excluding hydrogens is 342 g/mol. The minimum absolute atomic E-state index is 0.146. The Morgan fingerprint density at radius 3 is 1.78 bits per heavy atom. The Balaban J connectivity index is 1.36. The van der Waals surface area contributed by atoms with Gasteiger partial charge in [0.05, 0.1) is 18.9 Å². The summed E-state index contributed by atoms with van der Waals surface area (Å²) in [6.07, 6.45) is 4.14. The van der Waals surface area contributed by atoms with E-state index in [9.17, 15) is 9.59 Å². The molecule has 1 saturated heterocycles. The number of amides is 2. The van der Waals surface area contributed by atoms with Crippen molar-refractivity contribution >= 4 is 23.6 Å². The first-order valence-electron chi connectivity index (χ1n) is 9.11. The molecule has 5 heteroatoms. The number of hydrogen-bond acceptors (Lipinski definition) is 4. The minimum Gasteiger partial charge on any atom is -0.494 e. The number of unbranched alkanes of at least 4 members (excludes halogenated alkanes) is 1. The van der Waals surface area contributed by atoms with E-state index in [1.807, 2.05) is 24.3 Å². The second kappa shape index (κ2) is 9.03. The molecule has 0 aliphatic carbocycles. The molecule has 1 aliphatic heterocycles. The van der Waals surface area contributed by atoms with Gasteiger partial charge in [-0.1, -0.05) is 24.8 Å². The van der Waals surface area contributed by atoms with Gasteiger partial charge in [-0.15, -0.1) is 0 Å². The number of anilines is 1. The van der Waals surface area contributed by atoms with E-state index in [1.165, 1.54) is 4.90 Å². The third-order valence-corrected chi connectivity index (χ3v) is 4.34. The number of rotatable bonds is 9. The highest BCUT2D eigenvalue weighted by atomic mass is 16.5. The molecule has 0 bridgehead atoms. The lowest BCUT2D eigenvalue weighted by Gasteiger charge is -2.14. The van der Waals surface area contributed by atoms with Crippen molar-refractivity contribution in [1.29, 1.82) is 0 Å². The summed E-state index contributed by atoms with van der Waals surface area (Å²) in [4.78, 5) is 24.7. The summed E-state index contributed by atoms with van der Waals surface area (Å²) in [5.74, 6) is 1.28. The summed E-state index contributed by atoms with van der Waals surface area (Å²) in [6, 6.07) is 14.9. The maximum absolute atomic E-state index is 11.7. The zero-order valence-corrected chi connectivity index (χ0v) is 15.2. The Kier molecular flexibility index (Phi) is 6.26. The van der Waals surface area contributed by atoms with E-state index in [4.69, 9.17) is 9.47 Å². The molecular formula is C22H23NO4. The van der Waals surface area contributed by atoms with E-state index < -0.39 is 0 Å². The first kappa shape index (κ1) is 18.7. The van der Waals surface area contributed by atoms with Crippen LogP contribution in [0.15, 0.2) is 55.1 Å². The third-order valence-electron chi connectivity index (χ3n) is 4.34. The number of ether oxygens (including phenoxy) is 2. The van der Waals surface area contributed by atoms with Crippen LogP contribution in [-0.2, 0) is 9.59 Å². The summed E-state index contributed by atoms with van der Waals surface area (Å²) >= 11 is 0. The Labute approximate surface area is 159 Å². The van der Waals surface area contributed by atoms with Gasteiger partial charge in [-0.2, -0.15) is 0 Å². The molecule has 2 aromatic carbocycles. The number of imide groups is 1. The van der Waals surface area contributed by atoms with E-state index in [2.05, 4.69) is 6.58 Å². The van der Waals surface area contributed by atoms with Crippen LogP contribution in [0.2, 0.25) is 0 Å². The summed E-state index contributed by atoms with van der Waals surface area (Å²) in [5, 5.41) is 0. The van der Waals surface area contributed by atoms with Crippen molar-refractivity contribution in [2.24, 2.45) is 0 Å². The highest BCUT2D eigenvalue weighted by Gasteiger charge is 2.30. The highest BCUT2D eigenvalue weighted by Crippen LogP contribution is 2.24. The van der Waals surface area contributed by atoms with Crippen LogP contribution in [0.1, 0.15) is 31.2 Å². The van der Waals surface area contributed by atoms with Gasteiger partial charge in [-0.3, -0.25) is 14.5 Å². The number of benzene rings is 2. The summed E-state index contributed by atoms with van der Waals surface area (Å²) in [5.41, 5.74) is 1.67. The minimum atomic E-state index is -0.146. The lowest BCUT2D eigenvalue weighted by Crippen LogP contribution is -2.28. The SMILES string of the molecule is C=Cc1ccc(OCCCCOc2ccc(N3C(=O)CCC3=O)cc2)cc1. The standard InChI is InChI=1S/C22H23NO4/c1-2-17-5-9-19(10-6-17)26-15-3-4-16-27-20-11-7-18(8-12-20)23-21(24)13-14-22(23)25/h2,5-12H,1,3-4,13-16H2. The van der Waals surface area contributed by atoms with Crippen LogP contribution in [0.4, 0.5) is 5.69 Å². The first-order valence-corrected chi connectivity index (χ1v) is 9.11.